The SMILES string of the molecule is NC(CO)c1cncn1CCc1ccc(Br)s1. The second kappa shape index (κ2) is 5.77. The van der Waals surface area contributed by atoms with E-state index >= 15 is 0 Å². The zero-order valence-electron chi connectivity index (χ0n) is 9.21. The highest BCUT2D eigenvalue weighted by Crippen LogP contribution is 2.23. The maximum absolute atomic E-state index is 9.05. The minimum Gasteiger partial charge on any atom is -0.394 e. The molecule has 1 unspecified atom stereocenters. The maximum Gasteiger partial charge on any atom is 0.0948 e. The largest absolute Gasteiger partial charge is 0.394 e. The molecule has 0 saturated heterocycles. The van der Waals surface area contributed by atoms with Crippen molar-refractivity contribution in [3.8, 4) is 0 Å². The Bertz CT molecular complexity index is 483. The monoisotopic (exact) mass is 315 g/mol. The van der Waals surface area contributed by atoms with Crippen molar-refractivity contribution in [3.63, 3.8) is 0 Å². The highest BCUT2D eigenvalue weighted by atomic mass is 79.9. The van der Waals surface area contributed by atoms with Crippen LogP contribution in [0.2, 0.25) is 0 Å². The molecule has 4 nitrogen and oxygen atoms in total. The molecule has 0 fully saturated rings. The topological polar surface area (TPSA) is 64.1 Å². The zero-order valence-corrected chi connectivity index (χ0v) is 11.6. The molecule has 0 aliphatic rings. The molecule has 6 heteroatoms. The molecule has 17 heavy (non-hydrogen) atoms. The van der Waals surface area contributed by atoms with E-state index in [1.807, 2.05) is 10.6 Å². The van der Waals surface area contributed by atoms with Crippen molar-refractivity contribution in [3.05, 3.63) is 39.0 Å². The van der Waals surface area contributed by atoms with E-state index < -0.39 is 0 Å². The van der Waals surface area contributed by atoms with Crippen molar-refractivity contribution in [2.24, 2.45) is 5.73 Å². The lowest BCUT2D eigenvalue weighted by Gasteiger charge is -2.11. The molecular weight excluding hydrogens is 302 g/mol. The van der Waals surface area contributed by atoms with Crippen LogP contribution >= 0.6 is 27.3 Å². The number of imidazole rings is 1. The lowest BCUT2D eigenvalue weighted by Crippen LogP contribution is -2.19. The Balaban J connectivity index is 2.01. The maximum atomic E-state index is 9.05. The van der Waals surface area contributed by atoms with E-state index in [0.717, 1.165) is 22.4 Å². The van der Waals surface area contributed by atoms with Crippen LogP contribution in [0.4, 0.5) is 0 Å². The molecule has 2 rings (SSSR count). The average Bonchev–Trinajstić information content (AvgIpc) is 2.94. The van der Waals surface area contributed by atoms with Gasteiger partial charge in [-0.1, -0.05) is 0 Å². The molecule has 3 N–H and O–H groups in total. The van der Waals surface area contributed by atoms with Crippen molar-refractivity contribution in [2.45, 2.75) is 19.0 Å². The van der Waals surface area contributed by atoms with Gasteiger partial charge >= 0.3 is 0 Å². The van der Waals surface area contributed by atoms with Crippen LogP contribution in [0.5, 0.6) is 0 Å². The second-order valence-corrected chi connectivity index (χ2v) is 6.30. The van der Waals surface area contributed by atoms with Gasteiger partial charge in [-0.2, -0.15) is 0 Å². The van der Waals surface area contributed by atoms with Gasteiger partial charge in [-0.3, -0.25) is 0 Å². The van der Waals surface area contributed by atoms with Gasteiger partial charge in [-0.05, 0) is 34.5 Å². The number of hydrogen-bond acceptors (Lipinski definition) is 4. The van der Waals surface area contributed by atoms with E-state index in [9.17, 15) is 0 Å². The van der Waals surface area contributed by atoms with E-state index in [4.69, 9.17) is 10.8 Å². The van der Waals surface area contributed by atoms with Crippen LogP contribution < -0.4 is 5.73 Å². The Morgan fingerprint density at radius 1 is 1.53 bits per heavy atom. The van der Waals surface area contributed by atoms with Crippen LogP contribution in [0.25, 0.3) is 0 Å². The normalized spacial score (nSPS) is 12.9. The summed E-state index contributed by atoms with van der Waals surface area (Å²) >= 11 is 5.18. The molecule has 92 valence electrons. The summed E-state index contributed by atoms with van der Waals surface area (Å²) < 4.78 is 3.14. The third-order valence-corrected chi connectivity index (χ3v) is 4.23. The minimum absolute atomic E-state index is 0.0593. The van der Waals surface area contributed by atoms with Gasteiger partial charge in [0.25, 0.3) is 0 Å². The Labute approximate surface area is 112 Å². The molecule has 0 bridgehead atoms. The molecule has 0 aliphatic carbocycles. The molecular formula is C11H14BrN3OS. The van der Waals surface area contributed by atoms with Crippen LogP contribution in [-0.4, -0.2) is 21.3 Å². The summed E-state index contributed by atoms with van der Waals surface area (Å²) in [6.07, 6.45) is 4.41. The van der Waals surface area contributed by atoms with Crippen molar-refractivity contribution < 1.29 is 5.11 Å². The molecule has 0 aliphatic heterocycles. The van der Waals surface area contributed by atoms with E-state index in [-0.39, 0.29) is 12.6 Å². The third-order valence-electron chi connectivity index (χ3n) is 2.55. The Morgan fingerprint density at radius 3 is 3.00 bits per heavy atom. The summed E-state index contributed by atoms with van der Waals surface area (Å²) in [7, 11) is 0. The third kappa shape index (κ3) is 3.16. The lowest BCUT2D eigenvalue weighted by atomic mass is 10.2. The predicted molar refractivity (Wildman–Crippen MR) is 72.0 cm³/mol. The van der Waals surface area contributed by atoms with E-state index in [1.54, 1.807) is 23.9 Å². The van der Waals surface area contributed by atoms with Gasteiger partial charge in [0.2, 0.25) is 0 Å². The van der Waals surface area contributed by atoms with Crippen LogP contribution in [0, 0.1) is 0 Å². The van der Waals surface area contributed by atoms with E-state index in [1.165, 1.54) is 4.88 Å². The van der Waals surface area contributed by atoms with Crippen molar-refractivity contribution >= 4 is 27.3 Å². The number of nitrogens with two attached hydrogens (primary N) is 1. The van der Waals surface area contributed by atoms with Crippen molar-refractivity contribution in [1.82, 2.24) is 9.55 Å². The summed E-state index contributed by atoms with van der Waals surface area (Å²) in [6, 6.07) is 3.80. The fraction of sp³-hybridized carbons (Fsp3) is 0.364. The van der Waals surface area contributed by atoms with Gasteiger partial charge in [0.15, 0.2) is 0 Å². The van der Waals surface area contributed by atoms with E-state index in [0.29, 0.717) is 0 Å². The first-order valence-electron chi connectivity index (χ1n) is 5.31. The number of aromatic nitrogens is 2. The molecule has 2 aromatic heterocycles. The van der Waals surface area contributed by atoms with E-state index in [2.05, 4.69) is 27.0 Å². The van der Waals surface area contributed by atoms with Crippen LogP contribution in [-0.2, 0) is 13.0 Å². The molecule has 0 aromatic carbocycles. The Kier molecular flexibility index (Phi) is 4.33. The van der Waals surface area contributed by atoms with Gasteiger partial charge in [0.1, 0.15) is 0 Å². The fourth-order valence-electron chi connectivity index (χ4n) is 1.64. The first-order valence-corrected chi connectivity index (χ1v) is 6.92. The summed E-state index contributed by atoms with van der Waals surface area (Å²) in [5, 5.41) is 9.05. The highest BCUT2D eigenvalue weighted by Gasteiger charge is 2.10. The number of nitrogens with zero attached hydrogens (tertiary/aromatic N) is 2. The Morgan fingerprint density at radius 2 is 2.35 bits per heavy atom. The van der Waals surface area contributed by atoms with Gasteiger partial charge in [-0.15, -0.1) is 11.3 Å². The average molecular weight is 316 g/mol. The second-order valence-electron chi connectivity index (χ2n) is 3.76. The quantitative estimate of drug-likeness (QED) is 0.886. The fourth-order valence-corrected chi connectivity index (χ4v) is 3.11. The first kappa shape index (κ1) is 12.8. The Hall–Kier alpha value is -0.690. The van der Waals surface area contributed by atoms with Gasteiger partial charge in [0.05, 0.1) is 28.5 Å². The van der Waals surface area contributed by atoms with Crippen molar-refractivity contribution in [1.29, 1.82) is 0 Å². The lowest BCUT2D eigenvalue weighted by molar-refractivity contribution is 0.263. The van der Waals surface area contributed by atoms with Crippen LogP contribution in [0.1, 0.15) is 16.6 Å². The summed E-state index contributed by atoms with van der Waals surface area (Å²) in [4.78, 5) is 5.39. The number of aryl methyl sites for hydroxylation is 2. The number of halogens is 1. The number of thiophene rings is 1. The number of aliphatic hydroxyl groups is 1. The van der Waals surface area contributed by atoms with Crippen LogP contribution in [0.15, 0.2) is 28.4 Å². The van der Waals surface area contributed by atoms with Gasteiger partial charge in [-0.25, -0.2) is 4.98 Å². The first-order chi connectivity index (χ1) is 8.20. The standard InChI is InChI=1S/C11H14BrN3OS/c12-11-2-1-8(17-11)3-4-15-7-14-5-10(15)9(13)6-16/h1-2,5,7,9,16H,3-4,6,13H2. The van der Waals surface area contributed by atoms with Gasteiger partial charge in [0, 0.05) is 17.6 Å². The molecule has 0 radical (unpaired) electrons. The van der Waals surface area contributed by atoms with Gasteiger partial charge < -0.3 is 15.4 Å². The molecule has 0 saturated carbocycles. The number of aliphatic hydroxyl groups excluding tert-OH is 1. The smallest absolute Gasteiger partial charge is 0.0948 e. The zero-order chi connectivity index (χ0) is 12.3. The number of hydrogen-bond donors (Lipinski definition) is 2. The molecule has 2 heterocycles. The predicted octanol–water partition coefficient (Wildman–Crippen LogP) is 1.94. The summed E-state index contributed by atoms with van der Waals surface area (Å²) in [6.45, 7) is 0.770. The molecule has 0 spiro atoms. The van der Waals surface area contributed by atoms with Crippen LogP contribution in [0.3, 0.4) is 0 Å². The number of rotatable bonds is 5. The van der Waals surface area contributed by atoms with Crippen molar-refractivity contribution in [2.75, 3.05) is 6.61 Å². The molecule has 0 amide bonds. The minimum atomic E-state index is -0.354. The summed E-state index contributed by atoms with van der Waals surface area (Å²) in [5.41, 5.74) is 6.67. The molecule has 1 atom stereocenters. The summed E-state index contributed by atoms with van der Waals surface area (Å²) in [5.74, 6) is 0. The molecule has 2 aromatic rings. The highest BCUT2D eigenvalue weighted by molar-refractivity contribution is 9.11.